The van der Waals surface area contributed by atoms with E-state index >= 15 is 0 Å². The number of aromatic nitrogens is 2. The van der Waals surface area contributed by atoms with Crippen molar-refractivity contribution < 1.29 is 9.84 Å². The minimum Gasteiger partial charge on any atom is -0.389 e. The number of aliphatic hydroxyl groups excluding tert-OH is 1. The lowest BCUT2D eigenvalue weighted by Crippen LogP contribution is -2.35. The molecule has 5 nitrogen and oxygen atoms in total. The molecule has 1 aromatic heterocycles. The molecular formula is C18H27N3O2. The molecule has 0 radical (unpaired) electrons. The van der Waals surface area contributed by atoms with Gasteiger partial charge in [0.25, 0.3) is 0 Å². The van der Waals surface area contributed by atoms with Crippen molar-refractivity contribution in [2.24, 2.45) is 0 Å². The highest BCUT2D eigenvalue weighted by Gasteiger charge is 2.16. The summed E-state index contributed by atoms with van der Waals surface area (Å²) in [5.74, 6) is 0. The lowest BCUT2D eigenvalue weighted by molar-refractivity contribution is -0.0482. The number of ether oxygens (including phenoxy) is 1. The fourth-order valence-electron chi connectivity index (χ4n) is 2.30. The highest BCUT2D eigenvalue weighted by Crippen LogP contribution is 2.20. The van der Waals surface area contributed by atoms with E-state index in [1.165, 1.54) is 0 Å². The number of rotatable bonds is 7. The van der Waals surface area contributed by atoms with Crippen molar-refractivity contribution in [1.29, 1.82) is 0 Å². The fraction of sp³-hybridized carbons (Fsp3) is 0.500. The first kappa shape index (κ1) is 17.7. The molecule has 126 valence electrons. The number of hydrogen-bond donors (Lipinski definition) is 2. The number of nitrogens with one attached hydrogen (secondary N) is 1. The van der Waals surface area contributed by atoms with E-state index in [4.69, 9.17) is 4.74 Å². The van der Waals surface area contributed by atoms with E-state index in [1.807, 2.05) is 55.9 Å². The predicted molar refractivity (Wildman–Crippen MR) is 91.7 cm³/mol. The summed E-state index contributed by atoms with van der Waals surface area (Å²) in [4.78, 5) is 0. The third-order valence-corrected chi connectivity index (χ3v) is 3.52. The Morgan fingerprint density at radius 1 is 1.26 bits per heavy atom. The van der Waals surface area contributed by atoms with Crippen LogP contribution in [0.5, 0.6) is 0 Å². The van der Waals surface area contributed by atoms with Crippen LogP contribution in [0, 0.1) is 0 Å². The molecule has 0 aliphatic carbocycles. The quantitative estimate of drug-likeness (QED) is 0.824. The highest BCUT2D eigenvalue weighted by molar-refractivity contribution is 5.42. The molecule has 0 saturated heterocycles. The van der Waals surface area contributed by atoms with Gasteiger partial charge in [-0.2, -0.15) is 5.10 Å². The minimum atomic E-state index is -0.534. The van der Waals surface area contributed by atoms with Crippen molar-refractivity contribution in [2.45, 2.75) is 45.4 Å². The van der Waals surface area contributed by atoms with Crippen molar-refractivity contribution in [1.82, 2.24) is 15.1 Å². The van der Waals surface area contributed by atoms with Crippen molar-refractivity contribution >= 4 is 0 Å². The molecule has 0 saturated carbocycles. The SMILES string of the molecule is CC(NCC(O)COC(C)(C)C)c1ccccc1-n1cccn1. The van der Waals surface area contributed by atoms with Gasteiger partial charge in [-0.1, -0.05) is 18.2 Å². The Bertz CT molecular complexity index is 591. The van der Waals surface area contributed by atoms with Crippen molar-refractivity contribution in [3.05, 3.63) is 48.3 Å². The van der Waals surface area contributed by atoms with Crippen LogP contribution in [0.1, 0.15) is 39.3 Å². The van der Waals surface area contributed by atoms with Crippen LogP contribution < -0.4 is 5.32 Å². The van der Waals surface area contributed by atoms with Crippen LogP contribution in [0.4, 0.5) is 0 Å². The minimum absolute atomic E-state index is 0.0969. The molecular weight excluding hydrogens is 290 g/mol. The van der Waals surface area contributed by atoms with E-state index in [9.17, 15) is 5.11 Å². The summed E-state index contributed by atoms with van der Waals surface area (Å²) in [5.41, 5.74) is 1.94. The van der Waals surface area contributed by atoms with Crippen LogP contribution in [0.15, 0.2) is 42.7 Å². The van der Waals surface area contributed by atoms with Gasteiger partial charge in [0.15, 0.2) is 0 Å². The van der Waals surface area contributed by atoms with Gasteiger partial charge in [-0.15, -0.1) is 0 Å². The van der Waals surface area contributed by atoms with Gasteiger partial charge >= 0.3 is 0 Å². The van der Waals surface area contributed by atoms with Gasteiger partial charge in [-0.3, -0.25) is 0 Å². The average molecular weight is 317 g/mol. The molecule has 2 unspecified atom stereocenters. The van der Waals surface area contributed by atoms with Crippen molar-refractivity contribution in [3.63, 3.8) is 0 Å². The molecule has 2 N–H and O–H groups in total. The summed E-state index contributed by atoms with van der Waals surface area (Å²) < 4.78 is 7.46. The maximum Gasteiger partial charge on any atom is 0.0898 e. The second-order valence-corrected chi connectivity index (χ2v) is 6.72. The third-order valence-electron chi connectivity index (χ3n) is 3.52. The molecule has 1 heterocycles. The Labute approximate surface area is 138 Å². The van der Waals surface area contributed by atoms with Crippen LogP contribution in [-0.4, -0.2) is 39.7 Å². The monoisotopic (exact) mass is 317 g/mol. The van der Waals surface area contributed by atoms with Gasteiger partial charge in [0.2, 0.25) is 0 Å². The van der Waals surface area contributed by atoms with Crippen molar-refractivity contribution in [2.75, 3.05) is 13.2 Å². The summed E-state index contributed by atoms with van der Waals surface area (Å²) in [6.45, 7) is 8.83. The Hall–Kier alpha value is -1.69. The smallest absolute Gasteiger partial charge is 0.0898 e. The molecule has 0 fully saturated rings. The molecule has 0 aliphatic heterocycles. The average Bonchev–Trinajstić information content (AvgIpc) is 3.04. The van der Waals surface area contributed by atoms with Gasteiger partial charge in [0, 0.05) is 25.0 Å². The zero-order chi connectivity index (χ0) is 16.9. The summed E-state index contributed by atoms with van der Waals surface area (Å²) in [7, 11) is 0. The topological polar surface area (TPSA) is 59.3 Å². The molecule has 23 heavy (non-hydrogen) atoms. The summed E-state index contributed by atoms with van der Waals surface area (Å²) in [5, 5.41) is 17.7. The first-order valence-corrected chi connectivity index (χ1v) is 8.01. The summed E-state index contributed by atoms with van der Waals surface area (Å²) in [6, 6.07) is 10.1. The van der Waals surface area contributed by atoms with Gasteiger partial charge < -0.3 is 15.2 Å². The molecule has 2 atom stereocenters. The standard InChI is InChI=1S/C18H27N3O2/c1-14(19-12-15(22)13-23-18(2,3)4)16-8-5-6-9-17(16)21-11-7-10-20-21/h5-11,14-15,19,22H,12-13H2,1-4H3. The van der Waals surface area contributed by atoms with E-state index in [2.05, 4.69) is 23.4 Å². The van der Waals surface area contributed by atoms with Crippen LogP contribution in [0.25, 0.3) is 5.69 Å². The van der Waals surface area contributed by atoms with Crippen LogP contribution >= 0.6 is 0 Å². The second kappa shape index (κ2) is 7.73. The van der Waals surface area contributed by atoms with Gasteiger partial charge in [-0.25, -0.2) is 4.68 Å². The number of para-hydroxylation sites is 1. The van der Waals surface area contributed by atoms with E-state index in [0.717, 1.165) is 11.3 Å². The molecule has 0 aliphatic rings. The van der Waals surface area contributed by atoms with Crippen LogP contribution in [-0.2, 0) is 4.74 Å². The molecule has 0 amide bonds. The first-order valence-electron chi connectivity index (χ1n) is 8.01. The molecule has 1 aromatic carbocycles. The van der Waals surface area contributed by atoms with Crippen LogP contribution in [0.2, 0.25) is 0 Å². The van der Waals surface area contributed by atoms with E-state index < -0.39 is 6.10 Å². The summed E-state index contributed by atoms with van der Waals surface area (Å²) >= 11 is 0. The number of aliphatic hydroxyl groups is 1. The highest BCUT2D eigenvalue weighted by atomic mass is 16.5. The number of benzene rings is 1. The summed E-state index contributed by atoms with van der Waals surface area (Å²) in [6.07, 6.45) is 3.16. The lowest BCUT2D eigenvalue weighted by atomic mass is 10.1. The third kappa shape index (κ3) is 5.46. The number of nitrogens with zero attached hydrogens (tertiary/aromatic N) is 2. The second-order valence-electron chi connectivity index (χ2n) is 6.72. The zero-order valence-corrected chi connectivity index (χ0v) is 14.4. The largest absolute Gasteiger partial charge is 0.389 e. The van der Waals surface area contributed by atoms with E-state index in [-0.39, 0.29) is 11.6 Å². The normalized spacial score (nSPS) is 14.7. The molecule has 2 rings (SSSR count). The van der Waals surface area contributed by atoms with Gasteiger partial charge in [-0.05, 0) is 45.4 Å². The Balaban J connectivity index is 1.95. The molecule has 0 bridgehead atoms. The Morgan fingerprint density at radius 2 is 2.00 bits per heavy atom. The predicted octanol–water partition coefficient (Wildman–Crippen LogP) is 2.70. The Kier molecular flexibility index (Phi) is 5.93. The van der Waals surface area contributed by atoms with Crippen LogP contribution in [0.3, 0.4) is 0 Å². The Morgan fingerprint density at radius 3 is 2.65 bits per heavy atom. The molecule has 0 spiro atoms. The van der Waals surface area contributed by atoms with Gasteiger partial charge in [0.05, 0.1) is 24.0 Å². The number of hydrogen-bond acceptors (Lipinski definition) is 4. The van der Waals surface area contributed by atoms with Crippen molar-refractivity contribution in [3.8, 4) is 5.69 Å². The van der Waals surface area contributed by atoms with Gasteiger partial charge in [0.1, 0.15) is 0 Å². The lowest BCUT2D eigenvalue weighted by Gasteiger charge is -2.24. The molecule has 5 heteroatoms. The molecule has 2 aromatic rings. The van der Waals surface area contributed by atoms with E-state index in [1.54, 1.807) is 6.20 Å². The fourth-order valence-corrected chi connectivity index (χ4v) is 2.30. The maximum atomic E-state index is 10.1. The van der Waals surface area contributed by atoms with E-state index in [0.29, 0.717) is 13.2 Å². The first-order chi connectivity index (χ1) is 10.9. The maximum absolute atomic E-state index is 10.1. The zero-order valence-electron chi connectivity index (χ0n) is 14.4.